The Balaban J connectivity index is 2.23. The van der Waals surface area contributed by atoms with Crippen LogP contribution in [0.25, 0.3) is 0 Å². The topological polar surface area (TPSA) is 34.2 Å². The average Bonchev–Trinajstić information content (AvgIpc) is 2.76. The van der Waals surface area contributed by atoms with Crippen LogP contribution in [0.5, 0.6) is 0 Å². The molecule has 0 fully saturated rings. The number of nitrogens with zero attached hydrogens (tertiary/aromatic N) is 1. The third-order valence-electron chi connectivity index (χ3n) is 2.58. The van der Waals surface area contributed by atoms with Gasteiger partial charge in [0.05, 0.1) is 11.6 Å². The van der Waals surface area contributed by atoms with Crippen molar-refractivity contribution in [2.24, 2.45) is 0 Å². The second kappa shape index (κ2) is 7.76. The summed E-state index contributed by atoms with van der Waals surface area (Å²) in [5.41, 5.74) is 0. The van der Waals surface area contributed by atoms with E-state index in [1.807, 2.05) is 17.5 Å². The van der Waals surface area contributed by atoms with Crippen LogP contribution in [-0.2, 0) is 17.6 Å². The normalized spacial score (nSPS) is 12.9. The van der Waals surface area contributed by atoms with Crippen molar-refractivity contribution in [1.82, 2.24) is 10.3 Å². The number of aryl methyl sites for hydroxylation is 1. The van der Waals surface area contributed by atoms with Crippen molar-refractivity contribution in [1.29, 1.82) is 0 Å². The zero-order valence-corrected chi connectivity index (χ0v) is 11.3. The van der Waals surface area contributed by atoms with E-state index in [-0.39, 0.29) is 0 Å². The first-order chi connectivity index (χ1) is 7.80. The van der Waals surface area contributed by atoms with E-state index < -0.39 is 0 Å². The molecule has 0 saturated carbocycles. The fraction of sp³-hybridized carbons (Fsp3) is 0.750. The minimum absolute atomic E-state index is 0.468. The van der Waals surface area contributed by atoms with Gasteiger partial charge in [0.2, 0.25) is 0 Å². The monoisotopic (exact) mass is 242 g/mol. The van der Waals surface area contributed by atoms with Gasteiger partial charge in [0.25, 0.3) is 0 Å². The number of ether oxygens (including phenoxy) is 1. The zero-order valence-electron chi connectivity index (χ0n) is 10.5. The van der Waals surface area contributed by atoms with E-state index in [9.17, 15) is 0 Å². The van der Waals surface area contributed by atoms with Crippen LogP contribution >= 0.6 is 11.3 Å². The minimum atomic E-state index is 0.468. The van der Waals surface area contributed by atoms with Gasteiger partial charge < -0.3 is 10.1 Å². The molecule has 92 valence electrons. The first kappa shape index (κ1) is 13.6. The molecule has 0 radical (unpaired) electrons. The van der Waals surface area contributed by atoms with E-state index in [1.54, 1.807) is 7.11 Å². The fourth-order valence-corrected chi connectivity index (χ4v) is 2.39. The molecule has 3 nitrogen and oxygen atoms in total. The Hall–Kier alpha value is -0.450. The third-order valence-corrected chi connectivity index (χ3v) is 3.78. The molecule has 1 N–H and O–H groups in total. The smallest absolute Gasteiger partial charge is 0.0940 e. The maximum atomic E-state index is 5.14. The summed E-state index contributed by atoms with van der Waals surface area (Å²) in [4.78, 5) is 5.78. The van der Waals surface area contributed by atoms with E-state index in [0.29, 0.717) is 6.04 Å². The second-order valence-corrected chi connectivity index (χ2v) is 5.04. The third kappa shape index (κ3) is 4.60. The van der Waals surface area contributed by atoms with Gasteiger partial charge in [-0.2, -0.15) is 0 Å². The number of hydrogen-bond donors (Lipinski definition) is 1. The quantitative estimate of drug-likeness (QED) is 0.759. The summed E-state index contributed by atoms with van der Waals surface area (Å²) in [6.07, 6.45) is 5.20. The highest BCUT2D eigenvalue weighted by Crippen LogP contribution is 2.13. The van der Waals surface area contributed by atoms with E-state index in [1.165, 1.54) is 9.88 Å². The van der Waals surface area contributed by atoms with Gasteiger partial charge in [-0.15, -0.1) is 11.3 Å². The summed E-state index contributed by atoms with van der Waals surface area (Å²) in [6.45, 7) is 6.11. The fourth-order valence-electron chi connectivity index (χ4n) is 1.53. The Bertz CT molecular complexity index is 288. The highest BCUT2D eigenvalue weighted by atomic mass is 32.1. The Morgan fingerprint density at radius 2 is 2.31 bits per heavy atom. The molecular weight excluding hydrogens is 220 g/mol. The first-order valence-corrected chi connectivity index (χ1v) is 6.77. The SMILES string of the molecule is CCc1cnc(CCNC(CC)COC)s1. The lowest BCUT2D eigenvalue weighted by atomic mass is 10.2. The molecule has 0 bridgehead atoms. The summed E-state index contributed by atoms with van der Waals surface area (Å²) in [6, 6.07) is 0.468. The largest absolute Gasteiger partial charge is 0.383 e. The lowest BCUT2D eigenvalue weighted by Gasteiger charge is -2.14. The van der Waals surface area contributed by atoms with Crippen molar-refractivity contribution in [3.05, 3.63) is 16.1 Å². The molecule has 1 aromatic rings. The van der Waals surface area contributed by atoms with E-state index in [2.05, 4.69) is 24.1 Å². The van der Waals surface area contributed by atoms with Gasteiger partial charge in [0.15, 0.2) is 0 Å². The van der Waals surface area contributed by atoms with E-state index >= 15 is 0 Å². The molecule has 0 saturated heterocycles. The van der Waals surface area contributed by atoms with Gasteiger partial charge >= 0.3 is 0 Å². The molecule has 0 aliphatic rings. The van der Waals surface area contributed by atoms with Crippen molar-refractivity contribution in [2.75, 3.05) is 20.3 Å². The Kier molecular flexibility index (Phi) is 6.61. The number of nitrogens with one attached hydrogen (secondary N) is 1. The van der Waals surface area contributed by atoms with Crippen molar-refractivity contribution in [3.63, 3.8) is 0 Å². The number of rotatable bonds is 8. The van der Waals surface area contributed by atoms with E-state index in [4.69, 9.17) is 4.74 Å². The summed E-state index contributed by atoms with van der Waals surface area (Å²) < 4.78 is 5.14. The highest BCUT2D eigenvalue weighted by Gasteiger charge is 2.05. The van der Waals surface area contributed by atoms with Crippen LogP contribution in [-0.4, -0.2) is 31.3 Å². The van der Waals surface area contributed by atoms with Gasteiger partial charge in [-0.3, -0.25) is 0 Å². The Morgan fingerprint density at radius 3 is 2.88 bits per heavy atom. The molecule has 0 aliphatic carbocycles. The lowest BCUT2D eigenvalue weighted by Crippen LogP contribution is -2.33. The predicted molar refractivity (Wildman–Crippen MR) is 69.2 cm³/mol. The van der Waals surface area contributed by atoms with Gasteiger partial charge in [0.1, 0.15) is 0 Å². The van der Waals surface area contributed by atoms with Gasteiger partial charge in [-0.25, -0.2) is 4.98 Å². The standard InChI is InChI=1S/C12H22N2OS/c1-4-10(9-15-3)13-7-6-12-14-8-11(5-2)16-12/h8,10,13H,4-7,9H2,1-3H3. The van der Waals surface area contributed by atoms with Crippen molar-refractivity contribution >= 4 is 11.3 Å². The summed E-state index contributed by atoms with van der Waals surface area (Å²) in [5, 5.41) is 4.72. The molecule has 1 rings (SSSR count). The predicted octanol–water partition coefficient (Wildman–Crippen LogP) is 2.26. The number of aromatic nitrogens is 1. The Labute approximate surface area is 102 Å². The molecule has 1 atom stereocenters. The molecule has 0 aromatic carbocycles. The van der Waals surface area contributed by atoms with Crippen LogP contribution in [0.2, 0.25) is 0 Å². The highest BCUT2D eigenvalue weighted by molar-refractivity contribution is 7.11. The lowest BCUT2D eigenvalue weighted by molar-refractivity contribution is 0.165. The van der Waals surface area contributed by atoms with Crippen LogP contribution in [0.3, 0.4) is 0 Å². The molecule has 0 aliphatic heterocycles. The van der Waals surface area contributed by atoms with Crippen molar-refractivity contribution < 1.29 is 4.74 Å². The molecule has 0 amide bonds. The summed E-state index contributed by atoms with van der Waals surface area (Å²) in [5.74, 6) is 0. The van der Waals surface area contributed by atoms with Crippen molar-refractivity contribution in [2.45, 2.75) is 39.2 Å². The van der Waals surface area contributed by atoms with Gasteiger partial charge in [-0.1, -0.05) is 13.8 Å². The second-order valence-electron chi connectivity index (χ2n) is 3.84. The molecule has 1 heterocycles. The molecule has 1 unspecified atom stereocenters. The number of methoxy groups -OCH3 is 1. The minimum Gasteiger partial charge on any atom is -0.383 e. The average molecular weight is 242 g/mol. The number of hydrogen-bond acceptors (Lipinski definition) is 4. The van der Waals surface area contributed by atoms with Crippen LogP contribution in [0.15, 0.2) is 6.20 Å². The Morgan fingerprint density at radius 1 is 1.50 bits per heavy atom. The summed E-state index contributed by atoms with van der Waals surface area (Å²) in [7, 11) is 1.75. The van der Waals surface area contributed by atoms with Crippen LogP contribution in [0.1, 0.15) is 30.2 Å². The van der Waals surface area contributed by atoms with Gasteiger partial charge in [0, 0.05) is 37.2 Å². The maximum Gasteiger partial charge on any atom is 0.0940 e. The molecular formula is C12H22N2OS. The zero-order chi connectivity index (χ0) is 11.8. The van der Waals surface area contributed by atoms with E-state index in [0.717, 1.165) is 32.4 Å². The molecule has 0 spiro atoms. The summed E-state index contributed by atoms with van der Waals surface area (Å²) >= 11 is 1.82. The van der Waals surface area contributed by atoms with Crippen LogP contribution in [0.4, 0.5) is 0 Å². The van der Waals surface area contributed by atoms with Crippen LogP contribution < -0.4 is 5.32 Å². The van der Waals surface area contributed by atoms with Crippen molar-refractivity contribution in [3.8, 4) is 0 Å². The maximum absolute atomic E-state index is 5.14. The van der Waals surface area contributed by atoms with Crippen LogP contribution in [0, 0.1) is 0 Å². The molecule has 1 aromatic heterocycles. The van der Waals surface area contributed by atoms with Gasteiger partial charge in [-0.05, 0) is 12.8 Å². The number of thiazole rings is 1. The first-order valence-electron chi connectivity index (χ1n) is 5.96. The molecule has 4 heteroatoms. The molecule has 16 heavy (non-hydrogen) atoms.